The van der Waals surface area contributed by atoms with E-state index >= 15 is 0 Å². The largest absolute Gasteiger partial charge is 0.491 e. The quantitative estimate of drug-likeness (QED) is 0.398. The summed E-state index contributed by atoms with van der Waals surface area (Å²) in [4.78, 5) is 12.1. The van der Waals surface area contributed by atoms with Gasteiger partial charge in [0.25, 0.3) is 0 Å². The zero-order valence-electron chi connectivity index (χ0n) is 20.4. The Morgan fingerprint density at radius 3 is 2.56 bits per heavy atom. The average Bonchev–Trinajstić information content (AvgIpc) is 3.45. The van der Waals surface area contributed by atoms with E-state index in [-0.39, 0.29) is 6.10 Å². The van der Waals surface area contributed by atoms with Gasteiger partial charge >= 0.3 is 6.09 Å². The highest BCUT2D eigenvalue weighted by atomic mass is 16.5. The van der Waals surface area contributed by atoms with Crippen LogP contribution in [-0.2, 0) is 9.47 Å². The van der Waals surface area contributed by atoms with Crippen molar-refractivity contribution >= 4 is 22.7 Å². The first kappa shape index (κ1) is 22.9. The fourth-order valence-electron chi connectivity index (χ4n) is 5.11. The molecule has 36 heavy (non-hydrogen) atoms. The van der Waals surface area contributed by atoms with Gasteiger partial charge in [-0.05, 0) is 80.7 Å². The molecule has 7 heteroatoms. The number of amides is 1. The summed E-state index contributed by atoms with van der Waals surface area (Å²) in [6, 6.07) is 16.5. The third kappa shape index (κ3) is 4.66. The number of nitrogens with one attached hydrogen (secondary N) is 1. The zero-order valence-corrected chi connectivity index (χ0v) is 20.4. The molecule has 0 bridgehead atoms. The van der Waals surface area contributed by atoms with Gasteiger partial charge in [0.1, 0.15) is 18.4 Å². The predicted octanol–water partition coefficient (Wildman–Crippen LogP) is 6.42. The van der Waals surface area contributed by atoms with Crippen molar-refractivity contribution in [1.82, 2.24) is 4.57 Å². The molecular formula is C29H31N3O4. The minimum Gasteiger partial charge on any atom is -0.491 e. The maximum atomic E-state index is 12.1. The van der Waals surface area contributed by atoms with Crippen LogP contribution in [0.2, 0.25) is 0 Å². The number of nitriles is 1. The van der Waals surface area contributed by atoms with Crippen LogP contribution in [0.1, 0.15) is 56.6 Å². The Bertz CT molecular complexity index is 1290. The van der Waals surface area contributed by atoms with Crippen LogP contribution in [0.3, 0.4) is 0 Å². The van der Waals surface area contributed by atoms with Crippen LogP contribution >= 0.6 is 0 Å². The molecule has 1 aliphatic heterocycles. The first-order chi connectivity index (χ1) is 17.7. The lowest BCUT2D eigenvalue weighted by atomic mass is 9.92. The number of rotatable bonds is 8. The number of carbonyl (C=O) groups is 1. The van der Waals surface area contributed by atoms with E-state index < -0.39 is 6.09 Å². The van der Waals surface area contributed by atoms with Gasteiger partial charge in [-0.25, -0.2) is 4.79 Å². The standard InChI is InChI=1S/C29H31N3O4/c30-16-26-25-13-12-23(35-18-24-5-2-14-34-24)15-27(25)32(22-3-1-4-22)28(26)20-8-10-21(11-9-20)31-29(33)36-17-19-6-7-19/h8-13,15,19,22,24H,1-7,14,17-18H2,(H,31,33)/t24-/m1/s1. The molecule has 186 valence electrons. The van der Waals surface area contributed by atoms with Crippen LogP contribution in [0.4, 0.5) is 10.5 Å². The molecule has 0 radical (unpaired) electrons. The Kier molecular flexibility index (Phi) is 6.28. The SMILES string of the molecule is N#Cc1c(-c2ccc(NC(=O)OCC3CC3)cc2)n(C2CCC2)c2cc(OC[C@H]3CCCO3)ccc12. The van der Waals surface area contributed by atoms with Gasteiger partial charge in [0, 0.05) is 29.8 Å². The highest BCUT2D eigenvalue weighted by Crippen LogP contribution is 2.43. The van der Waals surface area contributed by atoms with Crippen LogP contribution in [-0.4, -0.2) is 36.6 Å². The second-order valence-electron chi connectivity index (χ2n) is 10.2. The first-order valence-electron chi connectivity index (χ1n) is 13.1. The minimum atomic E-state index is -0.425. The highest BCUT2D eigenvalue weighted by molar-refractivity contribution is 5.96. The molecule has 2 aliphatic carbocycles. The van der Waals surface area contributed by atoms with Crippen molar-refractivity contribution in [3.05, 3.63) is 48.0 Å². The van der Waals surface area contributed by atoms with Crippen LogP contribution < -0.4 is 10.1 Å². The molecule has 1 atom stereocenters. The summed E-state index contributed by atoms with van der Waals surface area (Å²) in [7, 11) is 0. The van der Waals surface area contributed by atoms with Crippen molar-refractivity contribution in [2.45, 2.75) is 57.1 Å². The molecule has 3 aromatic rings. The number of carbonyl (C=O) groups excluding carboxylic acids is 1. The van der Waals surface area contributed by atoms with E-state index in [0.717, 1.165) is 73.0 Å². The van der Waals surface area contributed by atoms with Gasteiger partial charge in [-0.3, -0.25) is 5.32 Å². The van der Waals surface area contributed by atoms with Crippen molar-refractivity contribution in [1.29, 1.82) is 5.26 Å². The molecule has 6 rings (SSSR count). The van der Waals surface area contributed by atoms with Gasteiger partial charge in [-0.2, -0.15) is 5.26 Å². The van der Waals surface area contributed by atoms with Gasteiger partial charge < -0.3 is 18.8 Å². The summed E-state index contributed by atoms with van der Waals surface area (Å²) in [6.07, 6.45) is 7.50. The van der Waals surface area contributed by atoms with Crippen LogP contribution in [0.15, 0.2) is 42.5 Å². The Morgan fingerprint density at radius 2 is 1.89 bits per heavy atom. The molecule has 1 amide bonds. The van der Waals surface area contributed by atoms with Crippen molar-refractivity contribution in [3.8, 4) is 23.1 Å². The first-order valence-corrected chi connectivity index (χ1v) is 13.1. The second kappa shape index (κ2) is 9.87. The topological polar surface area (TPSA) is 85.5 Å². The molecule has 1 saturated heterocycles. The number of benzene rings is 2. The Balaban J connectivity index is 1.29. The van der Waals surface area contributed by atoms with Gasteiger partial charge in [-0.1, -0.05) is 12.1 Å². The third-order valence-electron chi connectivity index (χ3n) is 7.54. The van der Waals surface area contributed by atoms with Gasteiger partial charge in [0.15, 0.2) is 0 Å². The molecule has 0 unspecified atom stereocenters. The molecule has 3 fully saturated rings. The van der Waals surface area contributed by atoms with E-state index in [1.807, 2.05) is 36.4 Å². The number of fused-ring (bicyclic) bond motifs is 1. The molecule has 0 spiro atoms. The third-order valence-corrected chi connectivity index (χ3v) is 7.54. The molecule has 2 heterocycles. The normalized spacial score (nSPS) is 19.6. The molecule has 2 saturated carbocycles. The summed E-state index contributed by atoms with van der Waals surface area (Å²) in [5.74, 6) is 1.33. The Morgan fingerprint density at radius 1 is 1.06 bits per heavy atom. The Labute approximate surface area is 210 Å². The fraction of sp³-hybridized carbons (Fsp3) is 0.448. The molecule has 1 N–H and O–H groups in total. The molecule has 7 nitrogen and oxygen atoms in total. The average molecular weight is 486 g/mol. The number of anilines is 1. The van der Waals surface area contributed by atoms with Crippen molar-refractivity contribution < 1.29 is 19.0 Å². The molecule has 2 aromatic carbocycles. The number of hydrogen-bond donors (Lipinski definition) is 1. The predicted molar refractivity (Wildman–Crippen MR) is 137 cm³/mol. The Hall–Kier alpha value is -3.50. The maximum Gasteiger partial charge on any atom is 0.411 e. The van der Waals surface area contributed by atoms with Gasteiger partial charge in [0.2, 0.25) is 0 Å². The maximum absolute atomic E-state index is 12.1. The monoisotopic (exact) mass is 485 g/mol. The number of hydrogen-bond acceptors (Lipinski definition) is 5. The molecule has 3 aliphatic rings. The molecular weight excluding hydrogens is 454 g/mol. The smallest absolute Gasteiger partial charge is 0.411 e. The van der Waals surface area contributed by atoms with Crippen LogP contribution in [0, 0.1) is 17.2 Å². The highest BCUT2D eigenvalue weighted by Gasteiger charge is 2.28. The van der Waals surface area contributed by atoms with Crippen molar-refractivity contribution in [2.24, 2.45) is 5.92 Å². The summed E-state index contributed by atoms with van der Waals surface area (Å²) < 4.78 is 19.4. The lowest BCUT2D eigenvalue weighted by Crippen LogP contribution is -2.18. The lowest BCUT2D eigenvalue weighted by molar-refractivity contribution is 0.0680. The summed E-state index contributed by atoms with van der Waals surface area (Å²) in [5, 5.41) is 13.9. The van der Waals surface area contributed by atoms with Gasteiger partial charge in [0.05, 0.1) is 29.5 Å². The summed E-state index contributed by atoms with van der Waals surface area (Å²) in [5.41, 5.74) is 4.26. The minimum absolute atomic E-state index is 0.155. The van der Waals surface area contributed by atoms with Crippen molar-refractivity contribution in [3.63, 3.8) is 0 Å². The van der Waals surface area contributed by atoms with E-state index in [0.29, 0.717) is 36.4 Å². The lowest BCUT2D eigenvalue weighted by Gasteiger charge is -2.30. The number of aromatic nitrogens is 1. The van der Waals surface area contributed by atoms with Gasteiger partial charge in [-0.15, -0.1) is 0 Å². The van der Waals surface area contributed by atoms with E-state index in [4.69, 9.17) is 14.2 Å². The zero-order chi connectivity index (χ0) is 24.5. The van der Waals surface area contributed by atoms with Crippen LogP contribution in [0.25, 0.3) is 22.2 Å². The van der Waals surface area contributed by atoms with E-state index in [1.165, 1.54) is 6.42 Å². The van der Waals surface area contributed by atoms with E-state index in [9.17, 15) is 10.1 Å². The van der Waals surface area contributed by atoms with Crippen LogP contribution in [0.5, 0.6) is 5.75 Å². The van der Waals surface area contributed by atoms with E-state index in [2.05, 4.69) is 22.0 Å². The summed E-state index contributed by atoms with van der Waals surface area (Å²) >= 11 is 0. The number of ether oxygens (including phenoxy) is 3. The number of nitrogens with zero attached hydrogens (tertiary/aromatic N) is 2. The van der Waals surface area contributed by atoms with Crippen molar-refractivity contribution in [2.75, 3.05) is 25.1 Å². The second-order valence-corrected chi connectivity index (χ2v) is 10.2. The van der Waals surface area contributed by atoms with E-state index in [1.54, 1.807) is 0 Å². The summed E-state index contributed by atoms with van der Waals surface area (Å²) in [6.45, 7) is 1.84. The fourth-order valence-corrected chi connectivity index (χ4v) is 5.11. The molecule has 1 aromatic heterocycles.